The first kappa shape index (κ1) is 19.4. The van der Waals surface area contributed by atoms with Gasteiger partial charge in [-0.3, -0.25) is 13.8 Å². The molecule has 7 nitrogen and oxygen atoms in total. The van der Waals surface area contributed by atoms with Crippen LogP contribution in [0.3, 0.4) is 0 Å². The number of fused-ring (bicyclic) bond motifs is 3. The van der Waals surface area contributed by atoms with Crippen LogP contribution in [-0.4, -0.2) is 30.5 Å². The molecule has 0 aliphatic carbocycles. The molecule has 0 bridgehead atoms. The monoisotopic (exact) mass is 475 g/mol. The smallest absolute Gasteiger partial charge is 0.255 e. The van der Waals surface area contributed by atoms with Gasteiger partial charge in [-0.05, 0) is 36.8 Å². The zero-order valence-electron chi connectivity index (χ0n) is 16.7. The molecular formula is C23H18BrN5O2. The third-order valence-electron chi connectivity index (χ3n) is 4.97. The summed E-state index contributed by atoms with van der Waals surface area (Å²) in [5.41, 5.74) is 3.50. The summed E-state index contributed by atoms with van der Waals surface area (Å²) < 4.78 is 9.98. The van der Waals surface area contributed by atoms with E-state index < -0.39 is 0 Å². The van der Waals surface area contributed by atoms with Gasteiger partial charge in [0.15, 0.2) is 11.6 Å². The minimum atomic E-state index is -0.107. The van der Waals surface area contributed by atoms with E-state index in [0.29, 0.717) is 30.5 Å². The van der Waals surface area contributed by atoms with Crippen LogP contribution < -0.4 is 10.3 Å². The fraction of sp³-hybridized carbons (Fsp3) is 0.130. The third kappa shape index (κ3) is 3.70. The van der Waals surface area contributed by atoms with E-state index in [1.807, 2.05) is 53.8 Å². The minimum Gasteiger partial charge on any atom is -0.491 e. The number of rotatable bonds is 5. The second-order valence-corrected chi connectivity index (χ2v) is 7.95. The van der Waals surface area contributed by atoms with Gasteiger partial charge in [-0.25, -0.2) is 15.0 Å². The van der Waals surface area contributed by atoms with Crippen LogP contribution in [-0.2, 0) is 6.54 Å². The highest BCUT2D eigenvalue weighted by Gasteiger charge is 2.11. The first-order valence-electron chi connectivity index (χ1n) is 9.84. The van der Waals surface area contributed by atoms with Crippen molar-refractivity contribution < 1.29 is 4.74 Å². The van der Waals surface area contributed by atoms with Gasteiger partial charge in [-0.15, -0.1) is 0 Å². The lowest BCUT2D eigenvalue weighted by Crippen LogP contribution is -2.22. The molecule has 3 aromatic heterocycles. The second kappa shape index (κ2) is 7.96. The SMILES string of the molecule is CCOc1cnc(-c2cccc(Cn3c(=O)ccn4c5cc(Br)ccc5nc34)c2)nc1. The molecule has 0 fully saturated rings. The van der Waals surface area contributed by atoms with E-state index in [2.05, 4.69) is 30.9 Å². The molecule has 0 aliphatic rings. The van der Waals surface area contributed by atoms with E-state index in [0.717, 1.165) is 26.6 Å². The number of imidazole rings is 1. The molecular weight excluding hydrogens is 458 g/mol. The summed E-state index contributed by atoms with van der Waals surface area (Å²) >= 11 is 3.50. The Hall–Kier alpha value is -3.52. The summed E-state index contributed by atoms with van der Waals surface area (Å²) in [5.74, 6) is 1.84. The lowest BCUT2D eigenvalue weighted by molar-refractivity contribution is 0.337. The minimum absolute atomic E-state index is 0.107. The Kier molecular flexibility index (Phi) is 4.99. The lowest BCUT2D eigenvalue weighted by atomic mass is 10.1. The summed E-state index contributed by atoms with van der Waals surface area (Å²) in [6.07, 6.45) is 5.09. The number of aromatic nitrogens is 5. The lowest BCUT2D eigenvalue weighted by Gasteiger charge is -2.09. The fourth-order valence-corrected chi connectivity index (χ4v) is 3.91. The molecule has 0 atom stereocenters. The highest BCUT2D eigenvalue weighted by Crippen LogP contribution is 2.22. The molecule has 2 aromatic carbocycles. The standard InChI is InChI=1S/C23H18BrN5O2/c1-2-31-18-12-25-22(26-13-18)16-5-3-4-15(10-16)14-29-21(30)8-9-28-20-11-17(24)6-7-19(20)27-23(28)29/h3-13H,2,14H2,1H3. The Balaban J connectivity index is 1.54. The summed E-state index contributed by atoms with van der Waals surface area (Å²) in [6, 6.07) is 15.3. The maximum Gasteiger partial charge on any atom is 0.255 e. The Morgan fingerprint density at radius 2 is 1.90 bits per heavy atom. The molecule has 0 saturated carbocycles. The molecule has 0 radical (unpaired) electrons. The van der Waals surface area contributed by atoms with Crippen LogP contribution in [0.15, 0.2) is 76.4 Å². The van der Waals surface area contributed by atoms with Crippen molar-refractivity contribution in [2.75, 3.05) is 6.61 Å². The molecule has 8 heteroatoms. The van der Waals surface area contributed by atoms with Crippen molar-refractivity contribution >= 4 is 32.7 Å². The van der Waals surface area contributed by atoms with Crippen molar-refractivity contribution in [3.8, 4) is 17.1 Å². The van der Waals surface area contributed by atoms with Crippen molar-refractivity contribution in [2.24, 2.45) is 0 Å². The van der Waals surface area contributed by atoms with Gasteiger partial charge in [0.1, 0.15) is 0 Å². The number of nitrogens with zero attached hydrogens (tertiary/aromatic N) is 5. The van der Waals surface area contributed by atoms with E-state index in [-0.39, 0.29) is 5.56 Å². The van der Waals surface area contributed by atoms with Crippen molar-refractivity contribution in [1.29, 1.82) is 0 Å². The van der Waals surface area contributed by atoms with Gasteiger partial charge < -0.3 is 4.74 Å². The highest BCUT2D eigenvalue weighted by molar-refractivity contribution is 9.10. The van der Waals surface area contributed by atoms with E-state index >= 15 is 0 Å². The number of hydrogen-bond acceptors (Lipinski definition) is 5. The van der Waals surface area contributed by atoms with Gasteiger partial charge in [0, 0.05) is 22.3 Å². The molecule has 0 amide bonds. The summed E-state index contributed by atoms with van der Waals surface area (Å²) in [4.78, 5) is 26.2. The largest absolute Gasteiger partial charge is 0.491 e. The van der Waals surface area contributed by atoms with Crippen LogP contribution in [0, 0.1) is 0 Å². The highest BCUT2D eigenvalue weighted by atomic mass is 79.9. The quantitative estimate of drug-likeness (QED) is 0.378. The average molecular weight is 476 g/mol. The van der Waals surface area contributed by atoms with E-state index in [4.69, 9.17) is 4.74 Å². The molecule has 5 aromatic rings. The Labute approximate surface area is 186 Å². The molecule has 5 rings (SSSR count). The summed E-state index contributed by atoms with van der Waals surface area (Å²) in [5, 5.41) is 0. The van der Waals surface area contributed by atoms with Gasteiger partial charge >= 0.3 is 0 Å². The van der Waals surface area contributed by atoms with Gasteiger partial charge in [-0.1, -0.05) is 34.1 Å². The van der Waals surface area contributed by atoms with Crippen LogP contribution in [0.1, 0.15) is 12.5 Å². The van der Waals surface area contributed by atoms with Crippen molar-refractivity contribution in [3.63, 3.8) is 0 Å². The predicted molar refractivity (Wildman–Crippen MR) is 122 cm³/mol. The number of benzene rings is 2. The second-order valence-electron chi connectivity index (χ2n) is 7.03. The maximum atomic E-state index is 12.7. The Morgan fingerprint density at radius 1 is 1.06 bits per heavy atom. The van der Waals surface area contributed by atoms with Crippen molar-refractivity contribution in [2.45, 2.75) is 13.5 Å². The van der Waals surface area contributed by atoms with E-state index in [1.165, 1.54) is 0 Å². The number of ether oxygens (including phenoxy) is 1. The Bertz CT molecular complexity index is 1460. The van der Waals surface area contributed by atoms with Gasteiger partial charge in [-0.2, -0.15) is 0 Å². The molecule has 0 unspecified atom stereocenters. The van der Waals surface area contributed by atoms with Crippen LogP contribution in [0.25, 0.3) is 28.2 Å². The zero-order chi connectivity index (χ0) is 21.4. The van der Waals surface area contributed by atoms with E-state index in [9.17, 15) is 4.79 Å². The van der Waals surface area contributed by atoms with Crippen LogP contribution >= 0.6 is 15.9 Å². The molecule has 31 heavy (non-hydrogen) atoms. The Morgan fingerprint density at radius 3 is 2.71 bits per heavy atom. The first-order chi connectivity index (χ1) is 15.1. The van der Waals surface area contributed by atoms with E-state index in [1.54, 1.807) is 29.2 Å². The van der Waals surface area contributed by atoms with Gasteiger partial charge in [0.2, 0.25) is 5.78 Å². The van der Waals surface area contributed by atoms with Crippen LogP contribution in [0.2, 0.25) is 0 Å². The molecule has 0 spiro atoms. The number of halogens is 1. The molecule has 154 valence electrons. The van der Waals surface area contributed by atoms with Gasteiger partial charge in [0.25, 0.3) is 5.56 Å². The molecule has 0 aliphatic heterocycles. The maximum absolute atomic E-state index is 12.7. The first-order valence-corrected chi connectivity index (χ1v) is 10.6. The predicted octanol–water partition coefficient (Wildman–Crippen LogP) is 4.32. The summed E-state index contributed by atoms with van der Waals surface area (Å²) in [7, 11) is 0. The van der Waals surface area contributed by atoms with Crippen LogP contribution in [0.4, 0.5) is 0 Å². The fourth-order valence-electron chi connectivity index (χ4n) is 3.56. The summed E-state index contributed by atoms with van der Waals surface area (Å²) in [6.45, 7) is 2.87. The average Bonchev–Trinajstić information content (AvgIpc) is 3.15. The van der Waals surface area contributed by atoms with Gasteiger partial charge in [0.05, 0.1) is 36.6 Å². The van der Waals surface area contributed by atoms with Crippen molar-refractivity contribution in [1.82, 2.24) is 23.9 Å². The molecule has 3 heterocycles. The molecule has 0 saturated heterocycles. The molecule has 0 N–H and O–H groups in total. The normalized spacial score (nSPS) is 11.3. The third-order valence-corrected chi connectivity index (χ3v) is 5.46. The van der Waals surface area contributed by atoms with Crippen molar-refractivity contribution in [3.05, 3.63) is 87.5 Å². The van der Waals surface area contributed by atoms with Crippen LogP contribution in [0.5, 0.6) is 5.75 Å². The zero-order valence-corrected chi connectivity index (χ0v) is 18.3. The topological polar surface area (TPSA) is 74.3 Å². The number of hydrogen-bond donors (Lipinski definition) is 0.